The molecule has 0 spiro atoms. The first-order chi connectivity index (χ1) is 24.9. The third kappa shape index (κ3) is 8.41. The van der Waals surface area contributed by atoms with Crippen molar-refractivity contribution in [3.8, 4) is 22.6 Å². The Labute approximate surface area is 331 Å². The largest absolute Gasteiger partial charge is 0 e. The normalized spacial score (nSPS) is 14.1. The summed E-state index contributed by atoms with van der Waals surface area (Å²) in [7, 11) is 0. The molecule has 0 saturated heterocycles. The van der Waals surface area contributed by atoms with Crippen LogP contribution in [-0.2, 0) is 31.9 Å². The molecule has 5 nitrogen and oxygen atoms in total. The van der Waals surface area contributed by atoms with E-state index < -0.39 is 13.3 Å². The van der Waals surface area contributed by atoms with Crippen molar-refractivity contribution in [3.05, 3.63) is 108 Å². The maximum Gasteiger partial charge on any atom is 0 e. The Hall–Kier alpha value is -3.58. The summed E-state index contributed by atoms with van der Waals surface area (Å²) >= 11 is -1.89. The van der Waals surface area contributed by atoms with Crippen LogP contribution in [0.25, 0.3) is 55.7 Å². The molecule has 1 aliphatic rings. The monoisotopic (exact) mass is 943 g/mol. The Morgan fingerprint density at radius 3 is 2.32 bits per heavy atom. The minimum Gasteiger partial charge on any atom is 0 e. The van der Waals surface area contributed by atoms with Crippen LogP contribution in [0.15, 0.2) is 89.5 Å². The first-order valence-electron chi connectivity index (χ1n) is 19.1. The standard InChI is InChI=1S/C25H24N3O.C21H28GeN.Ir/c1-15(2)28-20-12-7-6-11-19(20)26-23(28)18-10-8-9-16-17-13-14-21(25(3,4)5)27-24(17)29-22(16)18;1-22(2,3)20-16-23-21(18-12-8-5-9-13-18)15-19(20)14-17-10-6-4-7-11-17;/h6-9,11-15H,1-5H3;5,8-9,12,15-17H,4,6-7,10-11,14H2,1-3H3;/q2*-1;. The Morgan fingerprint density at radius 2 is 1.62 bits per heavy atom. The molecule has 0 aliphatic heterocycles. The number of imidazole rings is 1. The van der Waals surface area contributed by atoms with E-state index >= 15 is 0 Å². The van der Waals surface area contributed by atoms with Crippen LogP contribution < -0.4 is 4.40 Å². The van der Waals surface area contributed by atoms with E-state index in [1.165, 1.54) is 38.5 Å². The Morgan fingerprint density at radius 1 is 0.868 bits per heavy atom. The number of hydrogen-bond acceptors (Lipinski definition) is 4. The van der Waals surface area contributed by atoms with Crippen molar-refractivity contribution in [2.45, 2.75) is 102 Å². The van der Waals surface area contributed by atoms with Gasteiger partial charge in [0.25, 0.3) is 0 Å². The molecule has 53 heavy (non-hydrogen) atoms. The number of para-hydroxylation sites is 2. The van der Waals surface area contributed by atoms with Crippen LogP contribution in [0.2, 0.25) is 17.3 Å². The summed E-state index contributed by atoms with van der Waals surface area (Å²) in [6.45, 7) is 10.8. The van der Waals surface area contributed by atoms with Gasteiger partial charge in [-0.2, -0.15) is 0 Å². The molecule has 4 heterocycles. The maximum absolute atomic E-state index is 6.31. The van der Waals surface area contributed by atoms with Crippen LogP contribution in [0.3, 0.4) is 0 Å². The summed E-state index contributed by atoms with van der Waals surface area (Å²) in [5.74, 6) is 9.20. The fourth-order valence-corrected chi connectivity index (χ4v) is 11.0. The molecule has 8 rings (SSSR count). The average Bonchev–Trinajstić information content (AvgIpc) is 3.71. The van der Waals surface area contributed by atoms with Gasteiger partial charge in [-0.25, -0.2) is 4.98 Å². The molecular formula is C46H52GeIrN4O-2. The van der Waals surface area contributed by atoms with E-state index in [1.807, 2.05) is 36.4 Å². The molecule has 4 aromatic heterocycles. The smallest absolute Gasteiger partial charge is 0 e. The number of pyridine rings is 2. The second kappa shape index (κ2) is 16.0. The van der Waals surface area contributed by atoms with Crippen LogP contribution in [0.1, 0.15) is 84.0 Å². The molecule has 1 saturated carbocycles. The molecular weight excluding hydrogens is 889 g/mol. The van der Waals surface area contributed by atoms with Gasteiger partial charge >= 0.3 is 144 Å². The van der Waals surface area contributed by atoms with Crippen LogP contribution in [0.5, 0.6) is 0 Å². The van der Waals surface area contributed by atoms with E-state index in [1.54, 1.807) is 9.96 Å². The molecule has 277 valence electrons. The van der Waals surface area contributed by atoms with Gasteiger partial charge in [-0.05, 0) is 38.1 Å². The topological polar surface area (TPSA) is 56.7 Å². The number of furan rings is 1. The van der Waals surface area contributed by atoms with E-state index in [2.05, 4.69) is 117 Å². The molecule has 3 aromatic carbocycles. The van der Waals surface area contributed by atoms with E-state index in [4.69, 9.17) is 19.4 Å². The van der Waals surface area contributed by atoms with Crippen molar-refractivity contribution in [3.63, 3.8) is 0 Å². The van der Waals surface area contributed by atoms with Gasteiger partial charge in [0, 0.05) is 42.6 Å². The van der Waals surface area contributed by atoms with Crippen LogP contribution in [-0.4, -0.2) is 32.8 Å². The van der Waals surface area contributed by atoms with Gasteiger partial charge in [0.05, 0.1) is 22.4 Å². The zero-order valence-electron chi connectivity index (χ0n) is 32.5. The molecule has 1 aliphatic carbocycles. The third-order valence-corrected chi connectivity index (χ3v) is 14.8. The predicted molar refractivity (Wildman–Crippen MR) is 220 cm³/mol. The van der Waals surface area contributed by atoms with Crippen LogP contribution >= 0.6 is 0 Å². The van der Waals surface area contributed by atoms with E-state index in [-0.39, 0.29) is 31.6 Å². The van der Waals surface area contributed by atoms with Crippen molar-refractivity contribution in [2.24, 2.45) is 5.92 Å². The molecule has 1 radical (unpaired) electrons. The van der Waals surface area contributed by atoms with Crippen molar-refractivity contribution in [1.82, 2.24) is 19.5 Å². The van der Waals surface area contributed by atoms with Gasteiger partial charge < -0.3 is 8.98 Å². The molecule has 0 unspecified atom stereocenters. The maximum atomic E-state index is 6.31. The number of rotatable bonds is 6. The van der Waals surface area contributed by atoms with Crippen LogP contribution in [0.4, 0.5) is 0 Å². The van der Waals surface area contributed by atoms with Crippen molar-refractivity contribution >= 4 is 50.8 Å². The Bertz CT molecular complexity index is 2320. The Kier molecular flexibility index (Phi) is 11.8. The third-order valence-electron chi connectivity index (χ3n) is 10.4. The van der Waals surface area contributed by atoms with Gasteiger partial charge in [-0.15, -0.1) is 18.2 Å². The summed E-state index contributed by atoms with van der Waals surface area (Å²) < 4.78 is 10.2. The molecule has 0 bridgehead atoms. The minimum absolute atomic E-state index is 0. The van der Waals surface area contributed by atoms with E-state index in [0.29, 0.717) is 5.71 Å². The minimum atomic E-state index is -1.89. The Balaban J connectivity index is 0.000000183. The molecule has 0 amide bonds. The first kappa shape index (κ1) is 39.1. The number of aromatic nitrogens is 4. The summed E-state index contributed by atoms with van der Waals surface area (Å²) in [5, 5.41) is 2.07. The predicted octanol–water partition coefficient (Wildman–Crippen LogP) is 11.9. The second-order valence-corrected chi connectivity index (χ2v) is 27.4. The summed E-state index contributed by atoms with van der Waals surface area (Å²) in [5.41, 5.74) is 9.19. The fourth-order valence-electron chi connectivity index (χ4n) is 7.69. The van der Waals surface area contributed by atoms with Gasteiger partial charge in [0.1, 0.15) is 0 Å². The second-order valence-electron chi connectivity index (χ2n) is 16.8. The van der Waals surface area contributed by atoms with Crippen LogP contribution in [0, 0.1) is 18.1 Å². The summed E-state index contributed by atoms with van der Waals surface area (Å²) in [4.78, 5) is 14.5. The summed E-state index contributed by atoms with van der Waals surface area (Å²) in [6.07, 6.45) is 10.5. The molecule has 7 heteroatoms. The molecule has 7 aromatic rings. The van der Waals surface area contributed by atoms with Gasteiger partial charge in [-0.1, -0.05) is 43.9 Å². The van der Waals surface area contributed by atoms with Gasteiger partial charge in [-0.3, -0.25) is 4.98 Å². The first-order valence-corrected chi connectivity index (χ1v) is 26.4. The molecule has 0 N–H and O–H groups in total. The SMILES string of the molecule is CC(C)n1c(-c2[c-]ccc3c2oc2nc(C(C)(C)C)ccc23)nc2ccccc21.[CH3][Ge]([CH3])([CH3])[c]1cnc(-c2[c-]cccc2)cc1CC1CCCCC1.[Ir]. The van der Waals surface area contributed by atoms with Gasteiger partial charge in [0.15, 0.2) is 0 Å². The van der Waals surface area contributed by atoms with E-state index in [0.717, 1.165) is 61.6 Å². The van der Waals surface area contributed by atoms with Crippen molar-refractivity contribution in [2.75, 3.05) is 0 Å². The molecule has 0 atom stereocenters. The quantitative estimate of drug-likeness (QED) is 0.123. The zero-order valence-corrected chi connectivity index (χ0v) is 37.0. The van der Waals surface area contributed by atoms with Crippen molar-refractivity contribution in [1.29, 1.82) is 0 Å². The van der Waals surface area contributed by atoms with Gasteiger partial charge in [0.2, 0.25) is 5.71 Å². The number of nitrogens with zero attached hydrogens (tertiary/aromatic N) is 4. The fraction of sp³-hybridized carbons (Fsp3) is 0.370. The van der Waals surface area contributed by atoms with Crippen molar-refractivity contribution < 1.29 is 24.5 Å². The average molecular weight is 942 g/mol. The number of hydrogen-bond donors (Lipinski definition) is 0. The number of benzene rings is 3. The van der Waals surface area contributed by atoms with E-state index in [9.17, 15) is 0 Å². The zero-order chi connectivity index (χ0) is 36.6. The number of fused-ring (bicyclic) bond motifs is 4. The molecule has 1 fully saturated rings. The summed E-state index contributed by atoms with van der Waals surface area (Å²) in [6, 6.07) is 34.0.